The first-order valence-corrected chi connectivity index (χ1v) is 5.02. The van der Waals surface area contributed by atoms with Gasteiger partial charge in [0, 0.05) is 25.9 Å². The fourth-order valence-corrected chi connectivity index (χ4v) is 1.57. The van der Waals surface area contributed by atoms with Gasteiger partial charge in [-0.25, -0.2) is 4.79 Å². The van der Waals surface area contributed by atoms with Crippen LogP contribution < -0.4 is 0 Å². The third kappa shape index (κ3) is 2.72. The van der Waals surface area contributed by atoms with Gasteiger partial charge in [0.05, 0.1) is 7.11 Å². The van der Waals surface area contributed by atoms with Gasteiger partial charge in [0.15, 0.2) is 0 Å². The predicted molar refractivity (Wildman–Crippen MR) is 52.0 cm³/mol. The number of carbonyl (C=O) groups excluding carboxylic acids is 2. The zero-order valence-electron chi connectivity index (χ0n) is 8.78. The van der Waals surface area contributed by atoms with Crippen LogP contribution in [0.15, 0.2) is 0 Å². The second-order valence-corrected chi connectivity index (χ2v) is 3.67. The first-order valence-electron chi connectivity index (χ1n) is 5.02. The van der Waals surface area contributed by atoms with E-state index in [2.05, 4.69) is 4.74 Å². The highest BCUT2D eigenvalue weighted by Gasteiger charge is 2.30. The van der Waals surface area contributed by atoms with E-state index in [1.54, 1.807) is 4.90 Å². The highest BCUT2D eigenvalue weighted by molar-refractivity contribution is 5.78. The highest BCUT2D eigenvalue weighted by atomic mass is 16.5. The Kier molecular flexibility index (Phi) is 3.92. The van der Waals surface area contributed by atoms with Crippen LogP contribution in [0.3, 0.4) is 0 Å². The van der Waals surface area contributed by atoms with Gasteiger partial charge in [-0.05, 0) is 12.3 Å². The predicted octanol–water partition coefficient (Wildman–Crippen LogP) is 1.44. The number of hydrogen-bond acceptors (Lipinski definition) is 3. The molecule has 0 aliphatic carbocycles. The van der Waals surface area contributed by atoms with Gasteiger partial charge < -0.3 is 9.64 Å². The van der Waals surface area contributed by atoms with Crippen molar-refractivity contribution in [3.05, 3.63) is 0 Å². The maximum absolute atomic E-state index is 11.0. The molecule has 1 aliphatic heterocycles. The molecule has 1 rings (SSSR count). The number of ketones is 1. The number of likely N-dealkylation sites (tertiary alicyclic amines) is 1. The van der Waals surface area contributed by atoms with Crippen LogP contribution in [0.25, 0.3) is 0 Å². The summed E-state index contributed by atoms with van der Waals surface area (Å²) in [4.78, 5) is 23.6. The smallest absolute Gasteiger partial charge is 0.409 e. The molecule has 0 radical (unpaired) electrons. The molecule has 4 heteroatoms. The Hall–Kier alpha value is -1.06. The van der Waals surface area contributed by atoms with Crippen LogP contribution in [0.4, 0.5) is 4.79 Å². The molecule has 14 heavy (non-hydrogen) atoms. The lowest BCUT2D eigenvalue weighted by Gasteiger charge is -2.37. The van der Waals surface area contributed by atoms with Crippen LogP contribution in [0.1, 0.15) is 26.2 Å². The second-order valence-electron chi connectivity index (χ2n) is 3.67. The first kappa shape index (κ1) is 11.0. The lowest BCUT2D eigenvalue weighted by Crippen LogP contribution is -2.49. The van der Waals surface area contributed by atoms with Crippen molar-refractivity contribution >= 4 is 11.9 Å². The molecule has 1 fully saturated rings. The summed E-state index contributed by atoms with van der Waals surface area (Å²) in [5.41, 5.74) is 0. The maximum Gasteiger partial charge on any atom is 0.409 e. The molecule has 0 N–H and O–H groups in total. The zero-order valence-corrected chi connectivity index (χ0v) is 8.78. The molecule has 0 spiro atoms. The Morgan fingerprint density at radius 1 is 1.43 bits per heavy atom. The Balaban J connectivity index is 2.10. The van der Waals surface area contributed by atoms with E-state index < -0.39 is 0 Å². The van der Waals surface area contributed by atoms with Crippen LogP contribution in [0.5, 0.6) is 0 Å². The van der Waals surface area contributed by atoms with Gasteiger partial charge in [0.1, 0.15) is 5.78 Å². The maximum atomic E-state index is 11.0. The van der Waals surface area contributed by atoms with Crippen molar-refractivity contribution in [2.24, 2.45) is 5.92 Å². The minimum absolute atomic E-state index is 0.261. The molecule has 0 atom stereocenters. The van der Waals surface area contributed by atoms with Crippen molar-refractivity contribution in [2.75, 3.05) is 20.2 Å². The molecule has 0 saturated carbocycles. The molecule has 0 aromatic rings. The number of carbonyl (C=O) groups is 2. The Labute approximate surface area is 84.2 Å². The standard InChI is InChI=1S/C10H17NO3/c1-3-9(12)5-4-8-6-11(7-8)10(13)14-2/h8H,3-7H2,1-2H3. The van der Waals surface area contributed by atoms with Crippen LogP contribution in [0, 0.1) is 5.92 Å². The molecule has 0 unspecified atom stereocenters. The van der Waals surface area contributed by atoms with Gasteiger partial charge in [-0.15, -0.1) is 0 Å². The largest absolute Gasteiger partial charge is 0.453 e. The van der Waals surface area contributed by atoms with Crippen LogP contribution in [0.2, 0.25) is 0 Å². The van der Waals surface area contributed by atoms with E-state index in [1.807, 2.05) is 6.92 Å². The van der Waals surface area contributed by atoms with E-state index >= 15 is 0 Å². The first-order chi connectivity index (χ1) is 6.67. The number of ether oxygens (including phenoxy) is 1. The minimum atomic E-state index is -0.261. The number of rotatable bonds is 4. The van der Waals surface area contributed by atoms with Crippen molar-refractivity contribution in [2.45, 2.75) is 26.2 Å². The lowest BCUT2D eigenvalue weighted by atomic mass is 9.94. The Morgan fingerprint density at radius 2 is 2.07 bits per heavy atom. The van der Waals surface area contributed by atoms with Crippen LogP contribution in [-0.4, -0.2) is 37.0 Å². The summed E-state index contributed by atoms with van der Waals surface area (Å²) in [6.45, 7) is 3.36. The summed E-state index contributed by atoms with van der Waals surface area (Å²) in [5.74, 6) is 0.797. The highest BCUT2D eigenvalue weighted by Crippen LogP contribution is 2.21. The van der Waals surface area contributed by atoms with Gasteiger partial charge in [-0.2, -0.15) is 0 Å². The van der Waals surface area contributed by atoms with E-state index in [-0.39, 0.29) is 6.09 Å². The van der Waals surface area contributed by atoms with Gasteiger partial charge in [0.25, 0.3) is 0 Å². The van der Waals surface area contributed by atoms with E-state index in [4.69, 9.17) is 0 Å². The lowest BCUT2D eigenvalue weighted by molar-refractivity contribution is -0.119. The van der Waals surface area contributed by atoms with Crippen molar-refractivity contribution in [1.82, 2.24) is 4.90 Å². The number of hydrogen-bond donors (Lipinski definition) is 0. The minimum Gasteiger partial charge on any atom is -0.453 e. The summed E-state index contributed by atoms with van der Waals surface area (Å²) in [5, 5.41) is 0. The fourth-order valence-electron chi connectivity index (χ4n) is 1.57. The molecule has 1 aliphatic rings. The summed E-state index contributed by atoms with van der Waals surface area (Å²) < 4.78 is 4.57. The Morgan fingerprint density at radius 3 is 2.57 bits per heavy atom. The van der Waals surface area contributed by atoms with Gasteiger partial charge in [-0.3, -0.25) is 4.79 Å². The quantitative estimate of drug-likeness (QED) is 0.688. The molecule has 0 aromatic carbocycles. The number of amides is 1. The van der Waals surface area contributed by atoms with Crippen LogP contribution >= 0.6 is 0 Å². The molecule has 0 bridgehead atoms. The summed E-state index contributed by atoms with van der Waals surface area (Å²) in [6, 6.07) is 0. The van der Waals surface area contributed by atoms with E-state index in [9.17, 15) is 9.59 Å². The summed E-state index contributed by atoms with van der Waals surface area (Å²) >= 11 is 0. The average Bonchev–Trinajstić information content (AvgIpc) is 2.14. The Bertz CT molecular complexity index is 219. The van der Waals surface area contributed by atoms with Crippen molar-refractivity contribution in [3.8, 4) is 0 Å². The summed E-state index contributed by atoms with van der Waals surface area (Å²) in [6.07, 6.45) is 1.91. The third-order valence-corrected chi connectivity index (χ3v) is 2.62. The fraction of sp³-hybridized carbons (Fsp3) is 0.800. The van der Waals surface area contributed by atoms with Gasteiger partial charge in [-0.1, -0.05) is 6.92 Å². The van der Waals surface area contributed by atoms with E-state index in [0.29, 0.717) is 24.5 Å². The molecule has 1 heterocycles. The number of nitrogens with zero attached hydrogens (tertiary/aromatic N) is 1. The number of methoxy groups -OCH3 is 1. The molecule has 80 valence electrons. The second kappa shape index (κ2) is 4.98. The average molecular weight is 199 g/mol. The molecule has 1 amide bonds. The SMILES string of the molecule is CCC(=O)CCC1CN(C(=O)OC)C1. The van der Waals surface area contributed by atoms with Crippen molar-refractivity contribution in [3.63, 3.8) is 0 Å². The molecule has 4 nitrogen and oxygen atoms in total. The monoisotopic (exact) mass is 199 g/mol. The van der Waals surface area contributed by atoms with Gasteiger partial charge in [0.2, 0.25) is 0 Å². The number of Topliss-reactive ketones (excluding diaryl/α,β-unsaturated/α-hetero) is 1. The van der Waals surface area contributed by atoms with E-state index in [0.717, 1.165) is 19.5 Å². The van der Waals surface area contributed by atoms with E-state index in [1.165, 1.54) is 7.11 Å². The molecular formula is C10H17NO3. The normalized spacial score (nSPS) is 16.3. The molecule has 1 saturated heterocycles. The molecule has 0 aromatic heterocycles. The topological polar surface area (TPSA) is 46.6 Å². The van der Waals surface area contributed by atoms with Crippen molar-refractivity contribution in [1.29, 1.82) is 0 Å². The van der Waals surface area contributed by atoms with Crippen LogP contribution in [-0.2, 0) is 9.53 Å². The summed E-state index contributed by atoms with van der Waals surface area (Å²) in [7, 11) is 1.39. The van der Waals surface area contributed by atoms with Crippen molar-refractivity contribution < 1.29 is 14.3 Å². The third-order valence-electron chi connectivity index (χ3n) is 2.62. The van der Waals surface area contributed by atoms with Gasteiger partial charge >= 0.3 is 6.09 Å². The zero-order chi connectivity index (χ0) is 10.6. The molecular weight excluding hydrogens is 182 g/mol.